The van der Waals surface area contributed by atoms with Crippen LogP contribution in [-0.2, 0) is 4.79 Å². The maximum absolute atomic E-state index is 11.9. The SMILES string of the molecule is CN1CCN(c2ccc(NC(=O)C3CC3(Cl)Cl)cc2)CC1. The number of likely N-dealkylation sites (N-methyl/N-ethyl adjacent to an activating group) is 1. The smallest absolute Gasteiger partial charge is 0.230 e. The molecule has 1 aromatic carbocycles. The van der Waals surface area contributed by atoms with Crippen molar-refractivity contribution in [2.45, 2.75) is 10.8 Å². The van der Waals surface area contributed by atoms with Crippen LogP contribution in [0.1, 0.15) is 6.42 Å². The molecule has 114 valence electrons. The quantitative estimate of drug-likeness (QED) is 0.867. The number of hydrogen-bond donors (Lipinski definition) is 1. The second kappa shape index (κ2) is 5.67. The van der Waals surface area contributed by atoms with E-state index in [1.165, 1.54) is 5.69 Å². The van der Waals surface area contributed by atoms with Crippen molar-refractivity contribution in [1.82, 2.24) is 4.90 Å². The number of benzene rings is 1. The molecule has 3 rings (SSSR count). The van der Waals surface area contributed by atoms with E-state index >= 15 is 0 Å². The van der Waals surface area contributed by atoms with Gasteiger partial charge in [-0.3, -0.25) is 4.79 Å². The van der Waals surface area contributed by atoms with Crippen molar-refractivity contribution >= 4 is 40.5 Å². The third-order valence-corrected chi connectivity index (χ3v) is 4.98. The average Bonchev–Trinajstić information content (AvgIpc) is 3.10. The van der Waals surface area contributed by atoms with Crippen molar-refractivity contribution < 1.29 is 4.79 Å². The highest BCUT2D eigenvalue weighted by Crippen LogP contribution is 2.53. The van der Waals surface area contributed by atoms with Gasteiger partial charge in [-0.2, -0.15) is 0 Å². The first-order chi connectivity index (χ1) is 9.95. The van der Waals surface area contributed by atoms with Gasteiger partial charge in [0.2, 0.25) is 5.91 Å². The molecule has 1 aliphatic heterocycles. The zero-order chi connectivity index (χ0) is 15.0. The first-order valence-electron chi connectivity index (χ1n) is 7.18. The van der Waals surface area contributed by atoms with Crippen LogP contribution in [0.4, 0.5) is 11.4 Å². The Morgan fingerprint density at radius 2 is 1.76 bits per heavy atom. The number of anilines is 2. The van der Waals surface area contributed by atoms with E-state index in [4.69, 9.17) is 23.2 Å². The van der Waals surface area contributed by atoms with E-state index in [0.29, 0.717) is 6.42 Å². The lowest BCUT2D eigenvalue weighted by Gasteiger charge is -2.34. The predicted molar refractivity (Wildman–Crippen MR) is 87.3 cm³/mol. The molecule has 0 aromatic heterocycles. The summed E-state index contributed by atoms with van der Waals surface area (Å²) >= 11 is 11.8. The first kappa shape index (κ1) is 14.9. The summed E-state index contributed by atoms with van der Waals surface area (Å²) in [6, 6.07) is 7.95. The molecule has 1 amide bonds. The van der Waals surface area contributed by atoms with Gasteiger partial charge in [0, 0.05) is 37.6 Å². The van der Waals surface area contributed by atoms with E-state index in [9.17, 15) is 4.79 Å². The molecule has 1 aliphatic carbocycles. The highest BCUT2D eigenvalue weighted by atomic mass is 35.5. The Kier molecular flexibility index (Phi) is 4.04. The molecule has 4 nitrogen and oxygen atoms in total. The molecule has 6 heteroatoms. The van der Waals surface area contributed by atoms with Crippen molar-refractivity contribution in [1.29, 1.82) is 0 Å². The van der Waals surface area contributed by atoms with Crippen LogP contribution < -0.4 is 10.2 Å². The summed E-state index contributed by atoms with van der Waals surface area (Å²) < 4.78 is -0.871. The fraction of sp³-hybridized carbons (Fsp3) is 0.533. The van der Waals surface area contributed by atoms with Gasteiger partial charge in [0.1, 0.15) is 4.33 Å². The lowest BCUT2D eigenvalue weighted by molar-refractivity contribution is -0.117. The van der Waals surface area contributed by atoms with E-state index in [-0.39, 0.29) is 11.8 Å². The molecule has 1 heterocycles. The van der Waals surface area contributed by atoms with Gasteiger partial charge >= 0.3 is 0 Å². The molecular weight excluding hydrogens is 309 g/mol. The third kappa shape index (κ3) is 3.44. The van der Waals surface area contributed by atoms with Crippen LogP contribution in [0.5, 0.6) is 0 Å². The number of alkyl halides is 2. The Bertz CT molecular complexity index is 524. The van der Waals surface area contributed by atoms with Gasteiger partial charge in [0.25, 0.3) is 0 Å². The van der Waals surface area contributed by atoms with Crippen molar-refractivity contribution in [3.8, 4) is 0 Å². The topological polar surface area (TPSA) is 35.6 Å². The molecule has 1 saturated carbocycles. The molecular formula is C15H19Cl2N3O. The highest BCUT2D eigenvalue weighted by molar-refractivity contribution is 6.52. The van der Waals surface area contributed by atoms with E-state index in [1.807, 2.05) is 24.3 Å². The number of piperazine rings is 1. The fourth-order valence-corrected chi connectivity index (χ4v) is 3.05. The number of hydrogen-bond acceptors (Lipinski definition) is 3. The lowest BCUT2D eigenvalue weighted by atomic mass is 10.2. The summed E-state index contributed by atoms with van der Waals surface area (Å²) in [7, 11) is 2.14. The number of halogens is 2. The molecule has 2 fully saturated rings. The fourth-order valence-electron chi connectivity index (χ4n) is 2.55. The van der Waals surface area contributed by atoms with E-state index < -0.39 is 4.33 Å². The molecule has 1 N–H and O–H groups in total. The highest BCUT2D eigenvalue weighted by Gasteiger charge is 2.56. The predicted octanol–water partition coefficient (Wildman–Crippen LogP) is 2.57. The summed E-state index contributed by atoms with van der Waals surface area (Å²) in [5.74, 6) is -0.398. The average molecular weight is 328 g/mol. The first-order valence-corrected chi connectivity index (χ1v) is 7.93. The van der Waals surface area contributed by atoms with Crippen molar-refractivity contribution in [3.63, 3.8) is 0 Å². The van der Waals surface area contributed by atoms with Crippen LogP contribution in [0.2, 0.25) is 0 Å². The van der Waals surface area contributed by atoms with Crippen LogP contribution in [0, 0.1) is 5.92 Å². The molecule has 1 saturated heterocycles. The Labute approximate surface area is 135 Å². The van der Waals surface area contributed by atoms with Gasteiger partial charge in [0.15, 0.2) is 0 Å². The zero-order valence-corrected chi connectivity index (χ0v) is 13.5. The van der Waals surface area contributed by atoms with E-state index in [0.717, 1.165) is 31.9 Å². The Morgan fingerprint density at radius 1 is 1.19 bits per heavy atom. The molecule has 1 unspecified atom stereocenters. The Morgan fingerprint density at radius 3 is 2.29 bits per heavy atom. The van der Waals surface area contributed by atoms with E-state index in [1.54, 1.807) is 0 Å². The van der Waals surface area contributed by atoms with E-state index in [2.05, 4.69) is 22.2 Å². The van der Waals surface area contributed by atoms with Crippen LogP contribution in [0.3, 0.4) is 0 Å². The standard InChI is InChI=1S/C15H19Cl2N3O/c1-19-6-8-20(9-7-19)12-4-2-11(3-5-12)18-14(21)13-10-15(13,16)17/h2-5,13H,6-10H2,1H3,(H,18,21). The summed E-state index contributed by atoms with van der Waals surface area (Å²) in [6.45, 7) is 4.22. The Hall–Kier alpha value is -0.970. The summed E-state index contributed by atoms with van der Waals surface area (Å²) in [6.07, 6.45) is 0.529. The normalized spacial score (nSPS) is 24.7. The van der Waals surface area contributed by atoms with Gasteiger partial charge < -0.3 is 15.1 Å². The lowest BCUT2D eigenvalue weighted by Crippen LogP contribution is -2.44. The maximum Gasteiger partial charge on any atom is 0.230 e. The second-order valence-electron chi connectivity index (χ2n) is 5.84. The summed E-state index contributed by atoms with van der Waals surface area (Å²) in [5.41, 5.74) is 1.98. The summed E-state index contributed by atoms with van der Waals surface area (Å²) in [4.78, 5) is 16.6. The van der Waals surface area contributed by atoms with Gasteiger partial charge in [-0.25, -0.2) is 0 Å². The van der Waals surface area contributed by atoms with Gasteiger partial charge in [-0.15, -0.1) is 23.2 Å². The van der Waals surface area contributed by atoms with Crippen molar-refractivity contribution in [2.24, 2.45) is 5.92 Å². The molecule has 0 radical (unpaired) electrons. The Balaban J connectivity index is 1.58. The van der Waals surface area contributed by atoms with Gasteiger partial charge in [-0.05, 0) is 37.7 Å². The molecule has 1 atom stereocenters. The minimum Gasteiger partial charge on any atom is -0.369 e. The molecule has 0 bridgehead atoms. The molecule has 21 heavy (non-hydrogen) atoms. The van der Waals surface area contributed by atoms with Gasteiger partial charge in [0.05, 0.1) is 5.92 Å². The number of nitrogens with one attached hydrogen (secondary N) is 1. The number of rotatable bonds is 3. The monoisotopic (exact) mass is 327 g/mol. The summed E-state index contributed by atoms with van der Waals surface area (Å²) in [5, 5.41) is 2.86. The molecule has 2 aliphatic rings. The van der Waals surface area contributed by atoms with Gasteiger partial charge in [-0.1, -0.05) is 0 Å². The number of carbonyl (C=O) groups is 1. The van der Waals surface area contributed by atoms with Crippen molar-refractivity contribution in [2.75, 3.05) is 43.4 Å². The van der Waals surface area contributed by atoms with Crippen molar-refractivity contribution in [3.05, 3.63) is 24.3 Å². The molecule has 1 aromatic rings. The number of amides is 1. The maximum atomic E-state index is 11.9. The minimum atomic E-state index is -0.871. The second-order valence-corrected chi connectivity index (χ2v) is 7.39. The van der Waals surface area contributed by atoms with Crippen LogP contribution in [0.15, 0.2) is 24.3 Å². The van der Waals surface area contributed by atoms with Crippen LogP contribution in [0.25, 0.3) is 0 Å². The van der Waals surface area contributed by atoms with Crippen LogP contribution in [-0.4, -0.2) is 48.4 Å². The zero-order valence-electron chi connectivity index (χ0n) is 12.0. The largest absolute Gasteiger partial charge is 0.369 e. The van der Waals surface area contributed by atoms with Crippen LogP contribution >= 0.6 is 23.2 Å². The third-order valence-electron chi connectivity index (χ3n) is 4.15. The number of carbonyl (C=O) groups excluding carboxylic acids is 1. The number of nitrogens with zero attached hydrogens (tertiary/aromatic N) is 2. The molecule has 0 spiro atoms. The minimum absolute atomic E-state index is 0.104.